The lowest BCUT2D eigenvalue weighted by atomic mass is 10.2. The quantitative estimate of drug-likeness (QED) is 0.416. The van der Waals surface area contributed by atoms with Crippen molar-refractivity contribution >= 4 is 68.2 Å². The first-order valence-electron chi connectivity index (χ1n) is 9.27. The van der Waals surface area contributed by atoms with E-state index in [9.17, 15) is 4.79 Å². The van der Waals surface area contributed by atoms with Crippen molar-refractivity contribution in [2.75, 3.05) is 45.8 Å². The number of nitrogens with zero attached hydrogens (tertiary/aromatic N) is 3. The highest BCUT2D eigenvalue weighted by Crippen LogP contribution is 2.36. The topological polar surface area (TPSA) is 54.9 Å². The molecule has 0 fully saturated rings. The molecule has 3 rings (SSSR count). The van der Waals surface area contributed by atoms with Crippen LogP contribution in [0, 0.1) is 6.92 Å². The van der Waals surface area contributed by atoms with E-state index in [0.717, 1.165) is 15.8 Å². The lowest BCUT2D eigenvalue weighted by Crippen LogP contribution is -2.39. The van der Waals surface area contributed by atoms with Crippen molar-refractivity contribution in [1.29, 1.82) is 0 Å². The number of ether oxygens (including phenoxy) is 2. The van der Waals surface area contributed by atoms with Crippen LogP contribution in [0.25, 0.3) is 10.2 Å². The van der Waals surface area contributed by atoms with E-state index in [0.29, 0.717) is 39.8 Å². The summed E-state index contributed by atoms with van der Waals surface area (Å²) >= 11 is 13.5. The molecule has 3 aromatic rings. The van der Waals surface area contributed by atoms with Crippen molar-refractivity contribution in [3.05, 3.63) is 45.9 Å². The van der Waals surface area contributed by atoms with Gasteiger partial charge in [-0.15, -0.1) is 12.4 Å². The number of thiazole rings is 1. The van der Waals surface area contributed by atoms with Crippen LogP contribution in [-0.2, 0) is 4.79 Å². The molecule has 1 amide bonds. The summed E-state index contributed by atoms with van der Waals surface area (Å²) in [6.07, 6.45) is 0. The van der Waals surface area contributed by atoms with Gasteiger partial charge < -0.3 is 14.4 Å². The Labute approximate surface area is 202 Å². The highest BCUT2D eigenvalue weighted by Gasteiger charge is 2.22. The van der Waals surface area contributed by atoms with Gasteiger partial charge in [-0.2, -0.15) is 0 Å². The molecule has 0 aliphatic rings. The molecule has 31 heavy (non-hydrogen) atoms. The third-order valence-corrected chi connectivity index (χ3v) is 6.20. The minimum atomic E-state index is -0.210. The monoisotopic (exact) mass is 503 g/mol. The van der Waals surface area contributed by atoms with E-state index >= 15 is 0 Å². The Bertz CT molecular complexity index is 1060. The van der Waals surface area contributed by atoms with Gasteiger partial charge in [0, 0.05) is 18.1 Å². The minimum Gasteiger partial charge on any atom is -0.494 e. The number of benzene rings is 2. The van der Waals surface area contributed by atoms with Gasteiger partial charge in [0.1, 0.15) is 17.0 Å². The van der Waals surface area contributed by atoms with E-state index in [-0.39, 0.29) is 24.9 Å². The Morgan fingerprint density at radius 1 is 1.13 bits per heavy atom. The van der Waals surface area contributed by atoms with Gasteiger partial charge in [-0.1, -0.05) is 40.6 Å². The molecule has 0 atom stereocenters. The van der Waals surface area contributed by atoms with Crippen LogP contribution in [-0.4, -0.2) is 56.7 Å². The number of aromatic nitrogens is 1. The van der Waals surface area contributed by atoms with Crippen molar-refractivity contribution in [2.45, 2.75) is 6.92 Å². The van der Waals surface area contributed by atoms with Crippen LogP contribution >= 0.6 is 46.9 Å². The first kappa shape index (κ1) is 25.5. The normalized spacial score (nSPS) is 10.8. The predicted molar refractivity (Wildman–Crippen MR) is 131 cm³/mol. The zero-order chi connectivity index (χ0) is 21.8. The Morgan fingerprint density at radius 3 is 2.48 bits per heavy atom. The fourth-order valence-corrected chi connectivity index (χ4v) is 4.37. The Kier molecular flexibility index (Phi) is 9.21. The predicted octanol–water partition coefficient (Wildman–Crippen LogP) is 5.32. The van der Waals surface area contributed by atoms with Crippen LogP contribution in [0.2, 0.25) is 10.0 Å². The summed E-state index contributed by atoms with van der Waals surface area (Å²) in [4.78, 5) is 21.4. The van der Waals surface area contributed by atoms with Crippen molar-refractivity contribution < 1.29 is 14.3 Å². The van der Waals surface area contributed by atoms with E-state index in [1.165, 1.54) is 11.3 Å². The molecule has 0 spiro atoms. The number of fused-ring (bicyclic) bond motifs is 1. The van der Waals surface area contributed by atoms with Crippen LogP contribution in [0.3, 0.4) is 0 Å². The van der Waals surface area contributed by atoms with E-state index in [2.05, 4.69) is 0 Å². The Balaban J connectivity index is 0.00000341. The molecule has 0 unspecified atom stereocenters. The average Bonchev–Trinajstić information content (AvgIpc) is 3.13. The van der Waals surface area contributed by atoms with E-state index in [1.54, 1.807) is 30.2 Å². The van der Waals surface area contributed by atoms with Crippen LogP contribution in [0.15, 0.2) is 30.3 Å². The largest absolute Gasteiger partial charge is 0.494 e. The maximum Gasteiger partial charge on any atom is 0.266 e. The molecule has 2 aromatic carbocycles. The average molecular weight is 505 g/mol. The molecule has 10 heteroatoms. The number of hydrogen-bond donors (Lipinski definition) is 0. The van der Waals surface area contributed by atoms with Crippen LogP contribution in [0.1, 0.15) is 5.56 Å². The molecule has 0 N–H and O–H groups in total. The molecule has 6 nitrogen and oxygen atoms in total. The minimum absolute atomic E-state index is 0. The number of likely N-dealkylation sites (N-methyl/N-ethyl adjacent to an activating group) is 1. The summed E-state index contributed by atoms with van der Waals surface area (Å²) in [5, 5.41) is 1.47. The third kappa shape index (κ3) is 6.14. The maximum absolute atomic E-state index is 13.1. The number of rotatable bonds is 8. The molecule has 1 heterocycles. The summed E-state index contributed by atoms with van der Waals surface area (Å²) in [7, 11) is 5.53. The van der Waals surface area contributed by atoms with Gasteiger partial charge in [0.05, 0.1) is 16.8 Å². The van der Waals surface area contributed by atoms with Gasteiger partial charge in [0.2, 0.25) is 0 Å². The molecule has 1 aromatic heterocycles. The molecular formula is C21H24Cl3N3O3S. The molecular weight excluding hydrogens is 481 g/mol. The lowest BCUT2D eigenvalue weighted by Gasteiger charge is -2.22. The molecule has 0 saturated heterocycles. The Hall–Kier alpha value is -1.77. The van der Waals surface area contributed by atoms with Gasteiger partial charge in [0.15, 0.2) is 11.7 Å². The van der Waals surface area contributed by atoms with Gasteiger partial charge in [-0.25, -0.2) is 4.98 Å². The molecule has 0 radical (unpaired) electrons. The van der Waals surface area contributed by atoms with Crippen LogP contribution in [0.4, 0.5) is 5.13 Å². The van der Waals surface area contributed by atoms with E-state index in [1.807, 2.05) is 38.1 Å². The van der Waals surface area contributed by atoms with Gasteiger partial charge in [-0.05, 0) is 50.8 Å². The standard InChI is InChI=1S/C21H23Cl2N3O3S.ClH/c1-13-5-7-17(28-4)19-20(13)30-21(24-19)26(10-9-25(2)3)18(27)12-29-16-8-6-14(22)11-15(16)23;/h5-8,11H,9-10,12H2,1-4H3;1H. The fraction of sp³-hybridized carbons (Fsp3) is 0.333. The molecule has 0 aliphatic carbocycles. The number of carbonyl (C=O) groups excluding carboxylic acids is 1. The second-order valence-corrected chi connectivity index (χ2v) is 8.79. The zero-order valence-corrected chi connectivity index (χ0v) is 20.8. The fourth-order valence-electron chi connectivity index (χ4n) is 2.82. The van der Waals surface area contributed by atoms with Crippen molar-refractivity contribution in [3.63, 3.8) is 0 Å². The summed E-state index contributed by atoms with van der Waals surface area (Å²) in [6.45, 7) is 3.01. The summed E-state index contributed by atoms with van der Waals surface area (Å²) in [6, 6.07) is 8.77. The summed E-state index contributed by atoms with van der Waals surface area (Å²) in [5.41, 5.74) is 1.83. The van der Waals surface area contributed by atoms with Gasteiger partial charge in [-0.3, -0.25) is 9.69 Å². The van der Waals surface area contributed by atoms with E-state index in [4.69, 9.17) is 37.7 Å². The Morgan fingerprint density at radius 2 is 1.84 bits per heavy atom. The first-order valence-corrected chi connectivity index (χ1v) is 10.8. The summed E-state index contributed by atoms with van der Waals surface area (Å²) in [5.74, 6) is 0.879. The van der Waals surface area contributed by atoms with Crippen LogP contribution < -0.4 is 14.4 Å². The highest BCUT2D eigenvalue weighted by atomic mass is 35.5. The van der Waals surface area contributed by atoms with Gasteiger partial charge in [0.25, 0.3) is 5.91 Å². The second-order valence-electron chi connectivity index (χ2n) is 6.97. The smallest absolute Gasteiger partial charge is 0.266 e. The number of halogens is 3. The van der Waals surface area contributed by atoms with Gasteiger partial charge >= 0.3 is 0 Å². The lowest BCUT2D eigenvalue weighted by molar-refractivity contribution is -0.120. The number of amides is 1. The number of aryl methyl sites for hydroxylation is 1. The third-order valence-electron chi connectivity index (χ3n) is 4.46. The molecule has 0 bridgehead atoms. The number of methoxy groups -OCH3 is 1. The molecule has 0 saturated carbocycles. The van der Waals surface area contributed by atoms with Crippen molar-refractivity contribution in [1.82, 2.24) is 9.88 Å². The molecule has 168 valence electrons. The number of anilines is 1. The zero-order valence-electron chi connectivity index (χ0n) is 17.6. The highest BCUT2D eigenvalue weighted by molar-refractivity contribution is 7.22. The number of hydrogen-bond acceptors (Lipinski definition) is 6. The summed E-state index contributed by atoms with van der Waals surface area (Å²) < 4.78 is 12.1. The maximum atomic E-state index is 13.1. The second kappa shape index (κ2) is 11.2. The van der Waals surface area contributed by atoms with Crippen LogP contribution in [0.5, 0.6) is 11.5 Å². The van der Waals surface area contributed by atoms with Crippen molar-refractivity contribution in [2.24, 2.45) is 0 Å². The van der Waals surface area contributed by atoms with E-state index < -0.39 is 0 Å². The number of carbonyl (C=O) groups is 1. The molecule has 0 aliphatic heterocycles. The SMILES string of the molecule is COc1ccc(C)c2sc(N(CCN(C)C)C(=O)COc3ccc(Cl)cc3Cl)nc12.Cl. The van der Waals surface area contributed by atoms with Crippen molar-refractivity contribution in [3.8, 4) is 11.5 Å². The first-order chi connectivity index (χ1) is 14.3.